The second-order valence-corrected chi connectivity index (χ2v) is 11.8. The molecule has 0 saturated heterocycles. The van der Waals surface area contributed by atoms with Crippen molar-refractivity contribution in [3.05, 3.63) is 63.8 Å². The number of alkyl halides is 1. The summed E-state index contributed by atoms with van der Waals surface area (Å²) in [6, 6.07) is 9.44. The van der Waals surface area contributed by atoms with Crippen LogP contribution in [-0.2, 0) is 4.79 Å². The number of allylic oxidation sites excluding steroid dienone is 4. The molecule has 0 bridgehead atoms. The summed E-state index contributed by atoms with van der Waals surface area (Å²) < 4.78 is 6.28. The highest BCUT2D eigenvalue weighted by Crippen LogP contribution is 2.45. The van der Waals surface area contributed by atoms with Gasteiger partial charge in [-0.2, -0.15) is 0 Å². The van der Waals surface area contributed by atoms with E-state index in [4.69, 9.17) is 44.5 Å². The van der Waals surface area contributed by atoms with Gasteiger partial charge in [-0.25, -0.2) is 4.98 Å². The second kappa shape index (κ2) is 9.78. The van der Waals surface area contributed by atoms with Crippen LogP contribution < -0.4 is 10.1 Å². The second-order valence-electron chi connectivity index (χ2n) is 10.3. The molecule has 35 heavy (non-hydrogen) atoms. The zero-order valence-corrected chi connectivity index (χ0v) is 22.4. The fourth-order valence-corrected chi connectivity index (χ4v) is 5.14. The summed E-state index contributed by atoms with van der Waals surface area (Å²) in [5.74, 6) is -0.282. The summed E-state index contributed by atoms with van der Waals surface area (Å²) >= 11 is 19.1. The Balaban J connectivity index is 1.91. The highest BCUT2D eigenvalue weighted by molar-refractivity contribution is 6.33. The third kappa shape index (κ3) is 5.69. The largest absolute Gasteiger partial charge is 0.471 e. The molecule has 0 fully saturated rings. The number of nitrogens with one attached hydrogen (secondary N) is 1. The molecule has 1 amide bonds. The van der Waals surface area contributed by atoms with Gasteiger partial charge in [0.05, 0.1) is 29.1 Å². The number of aliphatic hydroxyl groups is 1. The Morgan fingerprint density at radius 3 is 2.54 bits per heavy atom. The van der Waals surface area contributed by atoms with Crippen molar-refractivity contribution >= 4 is 46.3 Å². The Morgan fingerprint density at radius 1 is 1.23 bits per heavy atom. The van der Waals surface area contributed by atoms with Crippen molar-refractivity contribution in [3.63, 3.8) is 0 Å². The minimum atomic E-state index is -0.754. The van der Waals surface area contributed by atoms with Crippen LogP contribution in [0, 0.1) is 0 Å². The zero-order chi connectivity index (χ0) is 25.5. The number of pyridine rings is 1. The molecule has 4 rings (SSSR count). The average molecular weight is 536 g/mol. The van der Waals surface area contributed by atoms with Gasteiger partial charge in [-0.1, -0.05) is 41.4 Å². The van der Waals surface area contributed by atoms with Crippen LogP contribution in [0.4, 0.5) is 0 Å². The van der Waals surface area contributed by atoms with Crippen LogP contribution in [0.2, 0.25) is 5.02 Å². The summed E-state index contributed by atoms with van der Waals surface area (Å²) in [5, 5.41) is 13.6. The lowest BCUT2D eigenvalue weighted by molar-refractivity contribution is -0.126. The van der Waals surface area contributed by atoms with E-state index < -0.39 is 17.1 Å². The van der Waals surface area contributed by atoms with Crippen molar-refractivity contribution in [1.82, 2.24) is 10.3 Å². The van der Waals surface area contributed by atoms with E-state index in [0.29, 0.717) is 40.0 Å². The van der Waals surface area contributed by atoms with Crippen LogP contribution in [0.15, 0.2) is 47.5 Å². The number of amides is 1. The number of hydrogen-bond acceptors (Lipinski definition) is 4. The Labute approximate surface area is 221 Å². The van der Waals surface area contributed by atoms with Gasteiger partial charge in [-0.3, -0.25) is 4.79 Å². The van der Waals surface area contributed by atoms with Gasteiger partial charge in [0.25, 0.3) is 0 Å². The third-order valence-electron chi connectivity index (χ3n) is 6.22. The Morgan fingerprint density at radius 2 is 1.91 bits per heavy atom. The van der Waals surface area contributed by atoms with E-state index in [-0.39, 0.29) is 17.9 Å². The maximum absolute atomic E-state index is 13.4. The van der Waals surface area contributed by atoms with Gasteiger partial charge in [0.1, 0.15) is 5.60 Å². The number of halogens is 3. The average Bonchev–Trinajstić information content (AvgIpc) is 2.77. The van der Waals surface area contributed by atoms with Gasteiger partial charge in [0.2, 0.25) is 11.8 Å². The summed E-state index contributed by atoms with van der Waals surface area (Å²) in [4.78, 5) is 18.4. The molecule has 2 atom stereocenters. The summed E-state index contributed by atoms with van der Waals surface area (Å²) in [6.45, 7) is 7.27. The van der Waals surface area contributed by atoms with Crippen molar-refractivity contribution in [1.29, 1.82) is 0 Å². The molecule has 5 nitrogen and oxygen atoms in total. The van der Waals surface area contributed by atoms with E-state index in [1.807, 2.05) is 56.3 Å². The van der Waals surface area contributed by atoms with Crippen molar-refractivity contribution in [3.8, 4) is 17.0 Å². The van der Waals surface area contributed by atoms with Crippen molar-refractivity contribution in [2.75, 3.05) is 6.61 Å². The molecular weight excluding hydrogens is 507 g/mol. The molecule has 186 valence electrons. The fraction of sp³-hybridized carbons (Fsp3) is 0.407. The highest BCUT2D eigenvalue weighted by Gasteiger charge is 2.41. The molecule has 8 heteroatoms. The molecule has 1 aromatic heterocycles. The van der Waals surface area contributed by atoms with Crippen LogP contribution in [0.25, 0.3) is 16.7 Å². The standard InChI is InChI=1S/C27H29Cl3N2O3/c1-26(2,14-33)32-24(34)21-13-27(3,4)35-25-20(21)12-19(15-5-7-16(28)8-6-15)23(31-25)18-10-9-17(29)11-22(18)30/h5-10,12,21-22,33H,11,13-14H2,1-4H3,(H,32,34). The number of rotatable bonds is 5. The minimum Gasteiger partial charge on any atom is -0.471 e. The molecule has 2 N–H and O–H groups in total. The summed E-state index contributed by atoms with van der Waals surface area (Å²) in [7, 11) is 0. The molecule has 0 spiro atoms. The number of fused-ring (bicyclic) bond motifs is 1. The van der Waals surface area contributed by atoms with Crippen LogP contribution in [0.5, 0.6) is 5.88 Å². The van der Waals surface area contributed by atoms with Gasteiger partial charge >= 0.3 is 0 Å². The Hall–Kier alpha value is -2.05. The Kier molecular flexibility index (Phi) is 7.27. The smallest absolute Gasteiger partial charge is 0.228 e. The maximum atomic E-state index is 13.4. The minimum absolute atomic E-state index is 0.174. The van der Waals surface area contributed by atoms with Crippen molar-refractivity contribution in [2.24, 2.45) is 0 Å². The molecule has 2 heterocycles. The number of carbonyl (C=O) groups excluding carboxylic acids is 1. The molecular formula is C27H29Cl3N2O3. The quantitative estimate of drug-likeness (QED) is 0.432. The number of ether oxygens (including phenoxy) is 1. The number of nitrogens with zero attached hydrogens (tertiary/aromatic N) is 1. The van der Waals surface area contributed by atoms with Gasteiger partial charge in [-0.15, -0.1) is 11.6 Å². The fourth-order valence-electron chi connectivity index (χ4n) is 4.37. The third-order valence-corrected chi connectivity index (χ3v) is 7.14. The van der Waals surface area contributed by atoms with Crippen LogP contribution in [0.3, 0.4) is 0 Å². The molecule has 1 aliphatic heterocycles. The highest BCUT2D eigenvalue weighted by atomic mass is 35.5. The number of carbonyl (C=O) groups is 1. The molecule has 0 radical (unpaired) electrons. The predicted octanol–water partition coefficient (Wildman–Crippen LogP) is 6.45. The van der Waals surface area contributed by atoms with Crippen LogP contribution in [0.1, 0.15) is 57.7 Å². The van der Waals surface area contributed by atoms with E-state index in [2.05, 4.69) is 5.32 Å². The molecule has 1 aromatic carbocycles. The summed E-state index contributed by atoms with van der Waals surface area (Å²) in [6.07, 6.45) is 4.69. The van der Waals surface area contributed by atoms with E-state index in [1.165, 1.54) is 0 Å². The van der Waals surface area contributed by atoms with E-state index in [1.54, 1.807) is 13.8 Å². The first-order valence-corrected chi connectivity index (χ1v) is 12.7. The van der Waals surface area contributed by atoms with Crippen LogP contribution >= 0.6 is 34.8 Å². The monoisotopic (exact) mass is 534 g/mol. The molecule has 1 aliphatic carbocycles. The van der Waals surface area contributed by atoms with Gasteiger partial charge in [-0.05, 0) is 63.1 Å². The van der Waals surface area contributed by atoms with Crippen LogP contribution in [-0.4, -0.2) is 39.1 Å². The van der Waals surface area contributed by atoms with Gasteiger partial charge < -0.3 is 15.2 Å². The molecule has 2 unspecified atom stereocenters. The lowest BCUT2D eigenvalue weighted by Crippen LogP contribution is -2.50. The maximum Gasteiger partial charge on any atom is 0.228 e. The van der Waals surface area contributed by atoms with E-state index in [9.17, 15) is 9.90 Å². The summed E-state index contributed by atoms with van der Waals surface area (Å²) in [5.41, 5.74) is 2.56. The van der Waals surface area contributed by atoms with Crippen molar-refractivity contribution < 1.29 is 14.6 Å². The number of hydrogen-bond donors (Lipinski definition) is 2. The number of aliphatic hydroxyl groups excluding tert-OH is 1. The molecule has 2 aliphatic rings. The lowest BCUT2D eigenvalue weighted by atomic mass is 9.82. The first kappa shape index (κ1) is 26.0. The van der Waals surface area contributed by atoms with Gasteiger partial charge in [0.15, 0.2) is 0 Å². The van der Waals surface area contributed by atoms with Crippen molar-refractivity contribution in [2.45, 2.75) is 63.0 Å². The SMILES string of the molecule is CC(C)(CO)NC(=O)C1CC(C)(C)Oc2nc(C3=CC=C(Cl)CC3Cl)c(-c3ccc(Cl)cc3)cc21. The number of aromatic nitrogens is 1. The Bertz CT molecular complexity index is 1200. The topological polar surface area (TPSA) is 71.5 Å². The molecule has 2 aromatic rings. The predicted molar refractivity (Wildman–Crippen MR) is 142 cm³/mol. The number of benzene rings is 1. The lowest BCUT2D eigenvalue weighted by Gasteiger charge is -2.38. The normalized spacial score (nSPS) is 21.4. The van der Waals surface area contributed by atoms with Gasteiger partial charge in [0, 0.05) is 34.0 Å². The van der Waals surface area contributed by atoms with E-state index >= 15 is 0 Å². The molecule has 0 saturated carbocycles. The van der Waals surface area contributed by atoms with E-state index in [0.717, 1.165) is 16.7 Å². The first-order chi connectivity index (χ1) is 16.4. The zero-order valence-electron chi connectivity index (χ0n) is 20.2. The first-order valence-electron chi connectivity index (χ1n) is 11.5.